The number of halogens is 1. The Morgan fingerprint density at radius 2 is 1.77 bits per heavy atom. The van der Waals surface area contributed by atoms with Gasteiger partial charge in [-0.25, -0.2) is 0 Å². The standard InChI is InChI=1S/C22H22N6O2.ClH/c1-2-29-21-14-17(15-23-16-18-8-6-7-13-24-18)11-12-20(21)30-22-25-26-27-28(22)19-9-4-3-5-10-19;/h3-14,23H,2,15-16H2,1H3;1H. The highest BCUT2D eigenvalue weighted by molar-refractivity contribution is 5.85. The molecule has 0 aliphatic rings. The van der Waals surface area contributed by atoms with Gasteiger partial charge in [-0.05, 0) is 59.3 Å². The summed E-state index contributed by atoms with van der Waals surface area (Å²) in [6, 6.07) is 21.5. The van der Waals surface area contributed by atoms with E-state index in [4.69, 9.17) is 9.47 Å². The van der Waals surface area contributed by atoms with Crippen LogP contribution in [0.5, 0.6) is 17.5 Å². The van der Waals surface area contributed by atoms with Gasteiger partial charge >= 0.3 is 6.01 Å². The molecule has 0 fully saturated rings. The molecule has 160 valence electrons. The molecule has 2 aromatic heterocycles. The molecule has 8 nitrogen and oxygen atoms in total. The molecule has 0 atom stereocenters. The number of tetrazole rings is 1. The maximum atomic E-state index is 5.99. The second kappa shape index (κ2) is 11.1. The lowest BCUT2D eigenvalue weighted by Gasteiger charge is -2.13. The molecule has 0 saturated heterocycles. The zero-order valence-electron chi connectivity index (χ0n) is 17.0. The number of nitrogens with zero attached hydrogens (tertiary/aromatic N) is 5. The third-order valence-electron chi connectivity index (χ3n) is 4.31. The zero-order valence-corrected chi connectivity index (χ0v) is 17.8. The molecule has 31 heavy (non-hydrogen) atoms. The SMILES string of the molecule is CCOc1cc(CNCc2ccccn2)ccc1Oc1nnnn1-c1ccccc1.Cl. The number of aromatic nitrogens is 5. The number of pyridine rings is 1. The number of rotatable bonds is 9. The van der Waals surface area contributed by atoms with Gasteiger partial charge in [-0.3, -0.25) is 4.98 Å². The van der Waals surface area contributed by atoms with Gasteiger partial charge in [0, 0.05) is 19.3 Å². The van der Waals surface area contributed by atoms with Gasteiger partial charge in [0.2, 0.25) is 0 Å². The third kappa shape index (κ3) is 5.78. The fourth-order valence-corrected chi connectivity index (χ4v) is 2.92. The smallest absolute Gasteiger partial charge is 0.346 e. The average molecular weight is 439 g/mol. The highest BCUT2D eigenvalue weighted by atomic mass is 35.5. The van der Waals surface area contributed by atoms with Crippen LogP contribution in [0.1, 0.15) is 18.2 Å². The molecule has 0 bridgehead atoms. The third-order valence-corrected chi connectivity index (χ3v) is 4.31. The number of hydrogen-bond donors (Lipinski definition) is 1. The summed E-state index contributed by atoms with van der Waals surface area (Å²) in [5, 5.41) is 15.1. The van der Waals surface area contributed by atoms with Crippen molar-refractivity contribution < 1.29 is 9.47 Å². The van der Waals surface area contributed by atoms with Gasteiger partial charge in [-0.15, -0.1) is 12.4 Å². The van der Waals surface area contributed by atoms with Crippen molar-refractivity contribution in [1.29, 1.82) is 0 Å². The lowest BCUT2D eigenvalue weighted by atomic mass is 10.2. The van der Waals surface area contributed by atoms with Crippen molar-refractivity contribution in [3.05, 3.63) is 84.2 Å². The van der Waals surface area contributed by atoms with Crippen molar-refractivity contribution in [1.82, 2.24) is 30.5 Å². The molecule has 4 aromatic rings. The van der Waals surface area contributed by atoms with Crippen LogP contribution in [0, 0.1) is 0 Å². The number of para-hydroxylation sites is 1. The Balaban J connectivity index is 0.00000272. The maximum absolute atomic E-state index is 5.99. The van der Waals surface area contributed by atoms with Crippen molar-refractivity contribution in [2.45, 2.75) is 20.0 Å². The summed E-state index contributed by atoms with van der Waals surface area (Å²) in [4.78, 5) is 4.32. The second-order valence-corrected chi connectivity index (χ2v) is 6.45. The summed E-state index contributed by atoms with van der Waals surface area (Å²) in [6.07, 6.45) is 1.79. The van der Waals surface area contributed by atoms with Crippen LogP contribution in [0.3, 0.4) is 0 Å². The van der Waals surface area contributed by atoms with Crippen molar-refractivity contribution in [2.75, 3.05) is 6.61 Å². The number of nitrogens with one attached hydrogen (secondary N) is 1. The van der Waals surface area contributed by atoms with Crippen LogP contribution in [0.25, 0.3) is 5.69 Å². The van der Waals surface area contributed by atoms with Crippen LogP contribution in [0.15, 0.2) is 72.9 Å². The van der Waals surface area contributed by atoms with E-state index in [1.54, 1.807) is 6.20 Å². The van der Waals surface area contributed by atoms with Crippen molar-refractivity contribution in [3.8, 4) is 23.2 Å². The van der Waals surface area contributed by atoms with Gasteiger partial charge in [0.15, 0.2) is 11.5 Å². The van der Waals surface area contributed by atoms with E-state index < -0.39 is 0 Å². The largest absolute Gasteiger partial charge is 0.490 e. The number of benzene rings is 2. The number of ether oxygens (including phenoxy) is 2. The van der Waals surface area contributed by atoms with E-state index in [1.807, 2.05) is 73.7 Å². The van der Waals surface area contributed by atoms with Crippen LogP contribution >= 0.6 is 12.4 Å². The van der Waals surface area contributed by atoms with Gasteiger partial charge in [-0.2, -0.15) is 4.68 Å². The Morgan fingerprint density at radius 1 is 0.935 bits per heavy atom. The van der Waals surface area contributed by atoms with Gasteiger partial charge in [0.25, 0.3) is 0 Å². The van der Waals surface area contributed by atoms with Crippen molar-refractivity contribution in [2.24, 2.45) is 0 Å². The van der Waals surface area contributed by atoms with E-state index >= 15 is 0 Å². The van der Waals surface area contributed by atoms with E-state index in [0.29, 0.717) is 31.2 Å². The molecule has 2 heterocycles. The van der Waals surface area contributed by atoms with Gasteiger partial charge in [-0.1, -0.05) is 35.4 Å². The Morgan fingerprint density at radius 3 is 2.55 bits per heavy atom. The quantitative estimate of drug-likeness (QED) is 0.423. The summed E-state index contributed by atoms with van der Waals surface area (Å²) in [5.74, 6) is 1.19. The van der Waals surface area contributed by atoms with Crippen molar-refractivity contribution in [3.63, 3.8) is 0 Å². The molecule has 0 amide bonds. The summed E-state index contributed by atoms with van der Waals surface area (Å²) in [5.41, 5.74) is 2.88. The average Bonchev–Trinajstić information content (AvgIpc) is 3.25. The molecule has 9 heteroatoms. The minimum Gasteiger partial charge on any atom is -0.490 e. The molecule has 0 aliphatic carbocycles. The van der Waals surface area contributed by atoms with Crippen molar-refractivity contribution >= 4 is 12.4 Å². The lowest BCUT2D eigenvalue weighted by Crippen LogP contribution is -2.13. The summed E-state index contributed by atoms with van der Waals surface area (Å²) in [7, 11) is 0. The summed E-state index contributed by atoms with van der Waals surface area (Å²) >= 11 is 0. The van der Waals surface area contributed by atoms with Crippen LogP contribution in [-0.2, 0) is 13.1 Å². The van der Waals surface area contributed by atoms with Crippen LogP contribution in [-0.4, -0.2) is 31.8 Å². The molecule has 0 spiro atoms. The highest BCUT2D eigenvalue weighted by Gasteiger charge is 2.14. The van der Waals surface area contributed by atoms with Gasteiger partial charge in [0.05, 0.1) is 18.0 Å². The summed E-state index contributed by atoms with van der Waals surface area (Å²) in [6.45, 7) is 3.82. The fourth-order valence-electron chi connectivity index (χ4n) is 2.92. The number of hydrogen-bond acceptors (Lipinski definition) is 7. The lowest BCUT2D eigenvalue weighted by molar-refractivity contribution is 0.315. The Bertz CT molecular complexity index is 1080. The van der Waals surface area contributed by atoms with E-state index in [1.165, 1.54) is 4.68 Å². The highest BCUT2D eigenvalue weighted by Crippen LogP contribution is 2.32. The first-order chi connectivity index (χ1) is 14.8. The first-order valence-electron chi connectivity index (χ1n) is 9.71. The van der Waals surface area contributed by atoms with E-state index in [2.05, 4.69) is 25.8 Å². The molecule has 0 aliphatic heterocycles. The first-order valence-corrected chi connectivity index (χ1v) is 9.71. The minimum atomic E-state index is 0. The van der Waals surface area contributed by atoms with Crippen LogP contribution in [0.2, 0.25) is 0 Å². The topological polar surface area (TPSA) is 87.0 Å². The maximum Gasteiger partial charge on any atom is 0.346 e. The molecule has 0 unspecified atom stereocenters. The van der Waals surface area contributed by atoms with E-state index in [9.17, 15) is 0 Å². The predicted octanol–water partition coefficient (Wildman–Crippen LogP) is 3.96. The molecule has 1 N–H and O–H groups in total. The first kappa shape index (κ1) is 22.2. The minimum absolute atomic E-state index is 0. The predicted molar refractivity (Wildman–Crippen MR) is 119 cm³/mol. The van der Waals surface area contributed by atoms with E-state index in [-0.39, 0.29) is 18.4 Å². The van der Waals surface area contributed by atoms with Crippen LogP contribution < -0.4 is 14.8 Å². The normalized spacial score (nSPS) is 10.4. The van der Waals surface area contributed by atoms with Gasteiger partial charge in [0.1, 0.15) is 0 Å². The molecule has 0 radical (unpaired) electrons. The van der Waals surface area contributed by atoms with E-state index in [0.717, 1.165) is 16.9 Å². The monoisotopic (exact) mass is 438 g/mol. The Kier molecular flexibility index (Phi) is 7.91. The molecule has 2 aromatic carbocycles. The fraction of sp³-hybridized carbons (Fsp3) is 0.182. The summed E-state index contributed by atoms with van der Waals surface area (Å²) < 4.78 is 13.3. The van der Waals surface area contributed by atoms with Gasteiger partial charge < -0.3 is 14.8 Å². The molecule has 0 saturated carbocycles. The molecular formula is C22H23ClN6O2. The van der Waals surface area contributed by atoms with Crippen LogP contribution in [0.4, 0.5) is 0 Å². The Labute approximate surface area is 186 Å². The Hall–Kier alpha value is -3.49. The zero-order chi connectivity index (χ0) is 20.6. The molecule has 4 rings (SSSR count). The molecular weight excluding hydrogens is 416 g/mol. The second-order valence-electron chi connectivity index (χ2n) is 6.45.